The molecule has 2 heteroatoms. The standard InChI is InChI=1S/C12H20O2/c1-9(2)5-6-12(13)7-10(3)14-11(4)8-12/h9-11,13H,7-8H2,1-4H3. The second kappa shape index (κ2) is 4.33. The highest BCUT2D eigenvalue weighted by Crippen LogP contribution is 2.28. The van der Waals surface area contributed by atoms with E-state index in [1.165, 1.54) is 0 Å². The summed E-state index contributed by atoms with van der Waals surface area (Å²) in [6, 6.07) is 0. The van der Waals surface area contributed by atoms with E-state index in [1.807, 2.05) is 27.7 Å². The average molecular weight is 196 g/mol. The molecule has 0 aromatic carbocycles. The van der Waals surface area contributed by atoms with Crippen molar-refractivity contribution in [2.75, 3.05) is 0 Å². The smallest absolute Gasteiger partial charge is 0.130 e. The van der Waals surface area contributed by atoms with Gasteiger partial charge in [0.05, 0.1) is 12.2 Å². The van der Waals surface area contributed by atoms with Gasteiger partial charge in [-0.25, -0.2) is 0 Å². The van der Waals surface area contributed by atoms with Crippen molar-refractivity contribution >= 4 is 0 Å². The number of hydrogen-bond donors (Lipinski definition) is 1. The molecule has 1 aliphatic rings. The van der Waals surface area contributed by atoms with Gasteiger partial charge in [0.1, 0.15) is 5.60 Å². The van der Waals surface area contributed by atoms with E-state index < -0.39 is 5.60 Å². The van der Waals surface area contributed by atoms with Crippen LogP contribution in [0.15, 0.2) is 0 Å². The average Bonchev–Trinajstić information content (AvgIpc) is 1.98. The van der Waals surface area contributed by atoms with Gasteiger partial charge in [-0.2, -0.15) is 0 Å². The van der Waals surface area contributed by atoms with Gasteiger partial charge >= 0.3 is 0 Å². The van der Waals surface area contributed by atoms with Crippen LogP contribution < -0.4 is 0 Å². The second-order valence-electron chi connectivity index (χ2n) is 4.62. The Morgan fingerprint density at radius 1 is 1.29 bits per heavy atom. The molecule has 14 heavy (non-hydrogen) atoms. The topological polar surface area (TPSA) is 29.5 Å². The maximum absolute atomic E-state index is 10.2. The van der Waals surface area contributed by atoms with Crippen LogP contribution in [0.1, 0.15) is 40.5 Å². The van der Waals surface area contributed by atoms with Gasteiger partial charge in [0.25, 0.3) is 0 Å². The van der Waals surface area contributed by atoms with Crippen molar-refractivity contribution in [3.8, 4) is 11.8 Å². The lowest BCUT2D eigenvalue weighted by Gasteiger charge is -2.35. The third kappa shape index (κ3) is 3.32. The molecule has 1 fully saturated rings. The molecule has 2 atom stereocenters. The van der Waals surface area contributed by atoms with Gasteiger partial charge in [0.15, 0.2) is 0 Å². The van der Waals surface area contributed by atoms with Crippen LogP contribution in [0, 0.1) is 17.8 Å². The maximum Gasteiger partial charge on any atom is 0.130 e. The van der Waals surface area contributed by atoms with Gasteiger partial charge in [-0.05, 0) is 13.8 Å². The molecule has 1 rings (SSSR count). The van der Waals surface area contributed by atoms with E-state index in [-0.39, 0.29) is 12.2 Å². The first-order valence-electron chi connectivity index (χ1n) is 5.32. The van der Waals surface area contributed by atoms with Crippen LogP contribution in [-0.2, 0) is 4.74 Å². The lowest BCUT2D eigenvalue weighted by molar-refractivity contribution is -0.106. The highest BCUT2D eigenvalue weighted by molar-refractivity contribution is 5.16. The number of rotatable bonds is 0. The summed E-state index contributed by atoms with van der Waals surface area (Å²) >= 11 is 0. The van der Waals surface area contributed by atoms with Crippen LogP contribution in [0.4, 0.5) is 0 Å². The van der Waals surface area contributed by atoms with Gasteiger partial charge in [0, 0.05) is 18.8 Å². The summed E-state index contributed by atoms with van der Waals surface area (Å²) in [5.41, 5.74) is -0.832. The molecule has 1 N–H and O–H groups in total. The van der Waals surface area contributed by atoms with Crippen molar-refractivity contribution in [2.24, 2.45) is 5.92 Å². The molecule has 80 valence electrons. The van der Waals surface area contributed by atoms with E-state index in [4.69, 9.17) is 4.74 Å². The first kappa shape index (κ1) is 11.6. The third-order valence-corrected chi connectivity index (χ3v) is 2.31. The third-order valence-electron chi connectivity index (χ3n) is 2.31. The summed E-state index contributed by atoms with van der Waals surface area (Å²) in [6.07, 6.45) is 1.45. The molecular weight excluding hydrogens is 176 g/mol. The van der Waals surface area contributed by atoms with E-state index in [1.54, 1.807) is 0 Å². The Kier molecular flexibility index (Phi) is 3.58. The summed E-state index contributed by atoms with van der Waals surface area (Å²) in [7, 11) is 0. The van der Waals surface area contributed by atoms with E-state index in [0.29, 0.717) is 18.8 Å². The minimum absolute atomic E-state index is 0.102. The lowest BCUT2D eigenvalue weighted by Crippen LogP contribution is -2.42. The zero-order valence-electron chi connectivity index (χ0n) is 9.50. The molecule has 0 saturated carbocycles. The monoisotopic (exact) mass is 196 g/mol. The lowest BCUT2D eigenvalue weighted by atomic mass is 9.88. The van der Waals surface area contributed by atoms with Gasteiger partial charge in [-0.1, -0.05) is 25.7 Å². The van der Waals surface area contributed by atoms with Crippen molar-refractivity contribution < 1.29 is 9.84 Å². The molecule has 0 aromatic heterocycles. The van der Waals surface area contributed by atoms with Crippen LogP contribution in [0.3, 0.4) is 0 Å². The summed E-state index contributed by atoms with van der Waals surface area (Å²) in [6.45, 7) is 8.03. The summed E-state index contributed by atoms with van der Waals surface area (Å²) in [5.74, 6) is 6.34. The second-order valence-corrected chi connectivity index (χ2v) is 4.62. The summed E-state index contributed by atoms with van der Waals surface area (Å²) in [4.78, 5) is 0. The Hall–Kier alpha value is -0.520. The van der Waals surface area contributed by atoms with Crippen molar-refractivity contribution in [3.05, 3.63) is 0 Å². The fourth-order valence-corrected chi connectivity index (χ4v) is 1.91. The van der Waals surface area contributed by atoms with Gasteiger partial charge in [-0.3, -0.25) is 0 Å². The molecule has 0 amide bonds. The van der Waals surface area contributed by atoms with E-state index >= 15 is 0 Å². The normalized spacial score (nSPS) is 37.9. The predicted octanol–water partition coefficient (Wildman–Crippen LogP) is 1.96. The maximum atomic E-state index is 10.2. The fourth-order valence-electron chi connectivity index (χ4n) is 1.91. The molecule has 1 saturated heterocycles. The molecule has 2 nitrogen and oxygen atoms in total. The molecule has 0 radical (unpaired) electrons. The molecule has 1 heterocycles. The van der Waals surface area contributed by atoms with Crippen LogP contribution in [0.25, 0.3) is 0 Å². The number of aliphatic hydroxyl groups is 1. The minimum Gasteiger partial charge on any atom is -0.377 e. The largest absolute Gasteiger partial charge is 0.377 e. The Bertz CT molecular complexity index is 237. The highest BCUT2D eigenvalue weighted by Gasteiger charge is 2.35. The minimum atomic E-state index is -0.832. The number of ether oxygens (including phenoxy) is 1. The van der Waals surface area contributed by atoms with Gasteiger partial charge < -0.3 is 9.84 Å². The first-order valence-corrected chi connectivity index (χ1v) is 5.32. The van der Waals surface area contributed by atoms with E-state index in [9.17, 15) is 5.11 Å². The van der Waals surface area contributed by atoms with E-state index in [2.05, 4.69) is 11.8 Å². The Balaban J connectivity index is 2.69. The molecule has 0 aliphatic carbocycles. The molecular formula is C12H20O2. The summed E-state index contributed by atoms with van der Waals surface area (Å²) < 4.78 is 5.56. The molecule has 0 bridgehead atoms. The molecule has 0 aromatic rings. The molecule has 2 unspecified atom stereocenters. The Morgan fingerprint density at radius 3 is 2.21 bits per heavy atom. The zero-order valence-corrected chi connectivity index (χ0v) is 9.50. The van der Waals surface area contributed by atoms with Crippen molar-refractivity contribution in [1.82, 2.24) is 0 Å². The van der Waals surface area contributed by atoms with Gasteiger partial charge in [0.2, 0.25) is 0 Å². The fraction of sp³-hybridized carbons (Fsp3) is 0.833. The Labute approximate surface area is 86.7 Å². The molecule has 0 spiro atoms. The first-order chi connectivity index (χ1) is 6.41. The quantitative estimate of drug-likeness (QED) is 0.600. The van der Waals surface area contributed by atoms with Crippen LogP contribution in [0.5, 0.6) is 0 Å². The van der Waals surface area contributed by atoms with Crippen molar-refractivity contribution in [3.63, 3.8) is 0 Å². The van der Waals surface area contributed by atoms with E-state index in [0.717, 1.165) is 0 Å². The number of hydrogen-bond acceptors (Lipinski definition) is 2. The van der Waals surface area contributed by atoms with Crippen molar-refractivity contribution in [1.29, 1.82) is 0 Å². The molecule has 1 aliphatic heterocycles. The van der Waals surface area contributed by atoms with Crippen LogP contribution >= 0.6 is 0 Å². The zero-order chi connectivity index (χ0) is 10.8. The van der Waals surface area contributed by atoms with Crippen LogP contribution in [-0.4, -0.2) is 22.9 Å². The summed E-state index contributed by atoms with van der Waals surface area (Å²) in [5, 5.41) is 10.2. The highest BCUT2D eigenvalue weighted by atomic mass is 16.5. The van der Waals surface area contributed by atoms with Gasteiger partial charge in [-0.15, -0.1) is 0 Å². The SMILES string of the molecule is CC(C)C#CC1(O)CC(C)OC(C)C1. The Morgan fingerprint density at radius 2 is 1.79 bits per heavy atom. The predicted molar refractivity (Wildman–Crippen MR) is 56.8 cm³/mol. The van der Waals surface area contributed by atoms with Crippen LogP contribution in [0.2, 0.25) is 0 Å². The van der Waals surface area contributed by atoms with Crippen molar-refractivity contribution in [2.45, 2.75) is 58.3 Å².